The van der Waals surface area contributed by atoms with Crippen molar-refractivity contribution in [2.45, 2.75) is 18.9 Å². The molecule has 2 rings (SSSR count). The molecule has 0 radical (unpaired) electrons. The summed E-state index contributed by atoms with van der Waals surface area (Å²) >= 11 is 0. The molecule has 0 aromatic heterocycles. The summed E-state index contributed by atoms with van der Waals surface area (Å²) in [6.45, 7) is 0.548. The maximum Gasteiger partial charge on any atom is 0.254 e. The van der Waals surface area contributed by atoms with Crippen LogP contribution in [0.5, 0.6) is 0 Å². The number of rotatable bonds is 2. The summed E-state index contributed by atoms with van der Waals surface area (Å²) in [4.78, 5) is 24.9. The van der Waals surface area contributed by atoms with E-state index in [1.807, 2.05) is 6.07 Å². The molecule has 1 aromatic carbocycles. The van der Waals surface area contributed by atoms with Crippen molar-refractivity contribution in [2.75, 3.05) is 6.54 Å². The van der Waals surface area contributed by atoms with Gasteiger partial charge in [0.1, 0.15) is 6.04 Å². The number of amides is 2. The van der Waals surface area contributed by atoms with E-state index in [-0.39, 0.29) is 5.91 Å². The van der Waals surface area contributed by atoms with Crippen molar-refractivity contribution in [3.05, 3.63) is 35.4 Å². The van der Waals surface area contributed by atoms with Crippen LogP contribution in [0.15, 0.2) is 24.3 Å². The first kappa shape index (κ1) is 12.1. The summed E-state index contributed by atoms with van der Waals surface area (Å²) in [6.07, 6.45) is 1.41. The van der Waals surface area contributed by atoms with E-state index < -0.39 is 11.9 Å². The van der Waals surface area contributed by atoms with E-state index in [0.29, 0.717) is 24.1 Å². The largest absolute Gasteiger partial charge is 0.368 e. The maximum atomic E-state index is 12.2. The highest BCUT2D eigenvalue weighted by molar-refractivity contribution is 5.97. The Labute approximate surface area is 105 Å². The van der Waals surface area contributed by atoms with Crippen molar-refractivity contribution in [1.82, 2.24) is 4.90 Å². The molecule has 0 bridgehead atoms. The lowest BCUT2D eigenvalue weighted by Crippen LogP contribution is -2.43. The zero-order chi connectivity index (χ0) is 13.1. The predicted molar refractivity (Wildman–Crippen MR) is 64.4 cm³/mol. The number of carbonyl (C=O) groups is 2. The number of nitrogens with two attached hydrogens (primary N) is 1. The van der Waals surface area contributed by atoms with Crippen LogP contribution < -0.4 is 5.73 Å². The van der Waals surface area contributed by atoms with E-state index in [1.165, 1.54) is 4.90 Å². The van der Waals surface area contributed by atoms with E-state index in [1.54, 1.807) is 24.3 Å². The molecule has 0 aliphatic carbocycles. The number of benzene rings is 1. The van der Waals surface area contributed by atoms with Gasteiger partial charge in [-0.15, -0.1) is 0 Å². The Morgan fingerprint density at radius 3 is 2.56 bits per heavy atom. The fourth-order valence-electron chi connectivity index (χ4n) is 2.16. The first-order valence-electron chi connectivity index (χ1n) is 5.74. The van der Waals surface area contributed by atoms with Gasteiger partial charge in [0.15, 0.2) is 0 Å². The van der Waals surface area contributed by atoms with Gasteiger partial charge in [0.05, 0.1) is 11.6 Å². The van der Waals surface area contributed by atoms with E-state index in [0.717, 1.165) is 6.42 Å². The summed E-state index contributed by atoms with van der Waals surface area (Å²) in [7, 11) is 0. The van der Waals surface area contributed by atoms with Crippen LogP contribution in [0.3, 0.4) is 0 Å². The van der Waals surface area contributed by atoms with Crippen molar-refractivity contribution in [1.29, 1.82) is 5.26 Å². The van der Waals surface area contributed by atoms with Crippen LogP contribution in [-0.4, -0.2) is 29.3 Å². The van der Waals surface area contributed by atoms with Gasteiger partial charge in [0.25, 0.3) is 5.91 Å². The van der Waals surface area contributed by atoms with Gasteiger partial charge in [-0.3, -0.25) is 9.59 Å². The minimum absolute atomic E-state index is 0.208. The average Bonchev–Trinajstić information content (AvgIpc) is 2.87. The number of hydrogen-bond donors (Lipinski definition) is 1. The van der Waals surface area contributed by atoms with Gasteiger partial charge in [-0.1, -0.05) is 0 Å². The number of nitriles is 1. The molecule has 2 N–H and O–H groups in total. The Morgan fingerprint density at radius 2 is 2.00 bits per heavy atom. The van der Waals surface area contributed by atoms with E-state index in [2.05, 4.69) is 0 Å². The SMILES string of the molecule is N#Cc1ccc(C(=O)N2CCCC2C(N)=O)cc1. The quantitative estimate of drug-likeness (QED) is 0.827. The Bertz CT molecular complexity index is 516. The molecule has 92 valence electrons. The van der Waals surface area contributed by atoms with Gasteiger partial charge >= 0.3 is 0 Å². The number of hydrogen-bond acceptors (Lipinski definition) is 3. The Morgan fingerprint density at radius 1 is 1.33 bits per heavy atom. The smallest absolute Gasteiger partial charge is 0.254 e. The summed E-state index contributed by atoms with van der Waals surface area (Å²) < 4.78 is 0. The van der Waals surface area contributed by atoms with Gasteiger partial charge in [-0.05, 0) is 37.1 Å². The normalized spacial score (nSPS) is 18.4. The summed E-state index contributed by atoms with van der Waals surface area (Å²) in [5.74, 6) is -0.671. The molecule has 5 nitrogen and oxygen atoms in total. The van der Waals surface area contributed by atoms with Crippen LogP contribution in [0.25, 0.3) is 0 Å². The van der Waals surface area contributed by atoms with Gasteiger partial charge < -0.3 is 10.6 Å². The number of nitrogens with zero attached hydrogens (tertiary/aromatic N) is 2. The zero-order valence-electron chi connectivity index (χ0n) is 9.80. The van der Waals surface area contributed by atoms with Crippen LogP contribution in [0.2, 0.25) is 0 Å². The zero-order valence-corrected chi connectivity index (χ0v) is 9.80. The topological polar surface area (TPSA) is 87.2 Å². The molecule has 1 aromatic rings. The molecule has 1 aliphatic heterocycles. The second kappa shape index (κ2) is 4.88. The molecule has 1 aliphatic rings. The molecule has 1 fully saturated rings. The minimum Gasteiger partial charge on any atom is -0.368 e. The number of likely N-dealkylation sites (tertiary alicyclic amines) is 1. The van der Waals surface area contributed by atoms with Crippen molar-refractivity contribution >= 4 is 11.8 Å². The van der Waals surface area contributed by atoms with Gasteiger partial charge in [0, 0.05) is 12.1 Å². The lowest BCUT2D eigenvalue weighted by atomic mass is 10.1. The van der Waals surface area contributed by atoms with E-state index in [4.69, 9.17) is 11.0 Å². The second-order valence-electron chi connectivity index (χ2n) is 4.25. The highest BCUT2D eigenvalue weighted by Gasteiger charge is 2.32. The molecule has 1 atom stereocenters. The highest BCUT2D eigenvalue weighted by atomic mass is 16.2. The van der Waals surface area contributed by atoms with Crippen LogP contribution in [-0.2, 0) is 4.79 Å². The predicted octanol–water partition coefficient (Wildman–Crippen LogP) is 0.648. The van der Waals surface area contributed by atoms with Crippen LogP contribution in [0.4, 0.5) is 0 Å². The average molecular weight is 243 g/mol. The molecule has 2 amide bonds. The van der Waals surface area contributed by atoms with Gasteiger partial charge in [0.2, 0.25) is 5.91 Å². The van der Waals surface area contributed by atoms with Crippen molar-refractivity contribution in [2.24, 2.45) is 5.73 Å². The molecule has 1 saturated heterocycles. The van der Waals surface area contributed by atoms with Crippen LogP contribution in [0, 0.1) is 11.3 Å². The summed E-state index contributed by atoms with van der Waals surface area (Å²) in [5, 5.41) is 8.69. The first-order valence-corrected chi connectivity index (χ1v) is 5.74. The van der Waals surface area contributed by atoms with Crippen molar-refractivity contribution in [3.8, 4) is 6.07 Å². The fourth-order valence-corrected chi connectivity index (χ4v) is 2.16. The molecule has 18 heavy (non-hydrogen) atoms. The third-order valence-corrected chi connectivity index (χ3v) is 3.10. The molecule has 0 saturated carbocycles. The number of primary amides is 1. The fraction of sp³-hybridized carbons (Fsp3) is 0.308. The first-order chi connectivity index (χ1) is 8.63. The standard InChI is InChI=1S/C13H13N3O2/c14-8-9-3-5-10(6-4-9)13(18)16-7-1-2-11(16)12(15)17/h3-6,11H,1-2,7H2,(H2,15,17). The molecule has 5 heteroatoms. The molecular formula is C13H13N3O2. The third-order valence-electron chi connectivity index (χ3n) is 3.10. The molecular weight excluding hydrogens is 230 g/mol. The van der Waals surface area contributed by atoms with Gasteiger partial charge in [-0.2, -0.15) is 5.26 Å². The van der Waals surface area contributed by atoms with Crippen molar-refractivity contribution < 1.29 is 9.59 Å². The van der Waals surface area contributed by atoms with Crippen LogP contribution >= 0.6 is 0 Å². The maximum absolute atomic E-state index is 12.2. The van der Waals surface area contributed by atoms with Gasteiger partial charge in [-0.25, -0.2) is 0 Å². The molecule has 0 spiro atoms. The minimum atomic E-state index is -0.506. The second-order valence-corrected chi connectivity index (χ2v) is 4.25. The van der Waals surface area contributed by atoms with Crippen LogP contribution in [0.1, 0.15) is 28.8 Å². The number of carbonyl (C=O) groups excluding carboxylic acids is 2. The van der Waals surface area contributed by atoms with E-state index >= 15 is 0 Å². The third kappa shape index (κ3) is 2.18. The monoisotopic (exact) mass is 243 g/mol. The van der Waals surface area contributed by atoms with Crippen molar-refractivity contribution in [3.63, 3.8) is 0 Å². The Balaban J connectivity index is 2.20. The Hall–Kier alpha value is -2.35. The lowest BCUT2D eigenvalue weighted by Gasteiger charge is -2.22. The Kier molecular flexibility index (Phi) is 3.28. The highest BCUT2D eigenvalue weighted by Crippen LogP contribution is 2.20. The van der Waals surface area contributed by atoms with E-state index in [9.17, 15) is 9.59 Å². The molecule has 1 unspecified atom stereocenters. The summed E-state index contributed by atoms with van der Waals surface area (Å²) in [6, 6.07) is 7.85. The molecule has 1 heterocycles. The summed E-state index contributed by atoms with van der Waals surface area (Å²) in [5.41, 5.74) is 6.25. The lowest BCUT2D eigenvalue weighted by molar-refractivity contribution is -0.121.